The first-order valence-electron chi connectivity index (χ1n) is 9.16. The molecule has 0 fully saturated rings. The minimum absolute atomic E-state index is 0.628. The molecule has 2 nitrogen and oxygen atoms in total. The lowest BCUT2D eigenvalue weighted by Gasteiger charge is -2.15. The van der Waals surface area contributed by atoms with E-state index in [2.05, 4.69) is 19.9 Å². The number of benzene rings is 2. The van der Waals surface area contributed by atoms with Gasteiger partial charge in [0.2, 0.25) is 0 Å². The summed E-state index contributed by atoms with van der Waals surface area (Å²) in [5.74, 6) is 1.52. The smallest absolute Gasteiger partial charge is 0.119 e. The zero-order valence-corrected chi connectivity index (χ0v) is 15.2. The largest absolute Gasteiger partial charge is 0.493 e. The van der Waals surface area contributed by atoms with Gasteiger partial charge in [0.1, 0.15) is 5.75 Å². The summed E-state index contributed by atoms with van der Waals surface area (Å²) in [7, 11) is 0. The molecule has 1 atom stereocenters. The second-order valence-corrected chi connectivity index (χ2v) is 6.33. The first-order chi connectivity index (χ1) is 12.3. The van der Waals surface area contributed by atoms with Gasteiger partial charge in [-0.05, 0) is 41.7 Å². The van der Waals surface area contributed by atoms with Crippen LogP contribution in [0.5, 0.6) is 5.75 Å². The third-order valence-corrected chi connectivity index (χ3v) is 4.43. The molecule has 2 rings (SSSR count). The molecule has 0 aliphatic rings. The van der Waals surface area contributed by atoms with Crippen LogP contribution in [0.1, 0.15) is 50.7 Å². The quantitative estimate of drug-likeness (QED) is 0.396. The fraction of sp³-hybridized carbons (Fsp3) is 0.348. The van der Waals surface area contributed by atoms with Crippen molar-refractivity contribution in [3.63, 3.8) is 0 Å². The highest BCUT2D eigenvalue weighted by Gasteiger charge is 2.07. The molecule has 0 radical (unpaired) electrons. The fourth-order valence-corrected chi connectivity index (χ4v) is 2.74. The van der Waals surface area contributed by atoms with Crippen molar-refractivity contribution in [2.45, 2.75) is 39.5 Å². The molecule has 2 heteroatoms. The second kappa shape index (κ2) is 10.4. The lowest BCUT2D eigenvalue weighted by molar-refractivity contribution is 0.233. The van der Waals surface area contributed by atoms with Crippen LogP contribution in [0, 0.1) is 17.2 Å². The summed E-state index contributed by atoms with van der Waals surface area (Å²) >= 11 is 0. The molecule has 0 aromatic heterocycles. The summed E-state index contributed by atoms with van der Waals surface area (Å²) in [5, 5.41) is 9.40. The Balaban J connectivity index is 1.99. The number of rotatable bonds is 9. The van der Waals surface area contributed by atoms with Gasteiger partial charge in [-0.15, -0.1) is 0 Å². The van der Waals surface area contributed by atoms with Gasteiger partial charge in [-0.1, -0.05) is 75.6 Å². The molecule has 0 N–H and O–H groups in total. The second-order valence-electron chi connectivity index (χ2n) is 6.33. The van der Waals surface area contributed by atoms with Crippen molar-refractivity contribution in [3.8, 4) is 11.8 Å². The Hall–Kier alpha value is -2.53. The number of unbranched alkanes of at least 4 members (excludes halogenated alkanes) is 1. The standard InChI is InChI=1S/C23H27NO/c1-3-5-9-19(4-2)18-25-23-14-12-20(13-15-23)16-22(17-24)21-10-7-6-8-11-21/h6-8,10-16,19H,3-5,9,18H2,1-2H3. The number of allylic oxidation sites excluding steroid dienone is 1. The maximum Gasteiger partial charge on any atom is 0.119 e. The number of nitriles is 1. The fourth-order valence-electron chi connectivity index (χ4n) is 2.74. The van der Waals surface area contributed by atoms with Gasteiger partial charge in [-0.2, -0.15) is 5.26 Å². The van der Waals surface area contributed by atoms with Crippen LogP contribution >= 0.6 is 0 Å². The van der Waals surface area contributed by atoms with Crippen LogP contribution < -0.4 is 4.74 Å². The Bertz CT molecular complexity index is 695. The van der Waals surface area contributed by atoms with E-state index >= 15 is 0 Å². The minimum Gasteiger partial charge on any atom is -0.493 e. The van der Waals surface area contributed by atoms with Crippen LogP contribution in [0.25, 0.3) is 11.6 Å². The molecule has 0 bridgehead atoms. The predicted octanol–water partition coefficient (Wildman–Crippen LogP) is 6.35. The molecule has 130 valence electrons. The van der Waals surface area contributed by atoms with Gasteiger partial charge in [-0.25, -0.2) is 0 Å². The van der Waals surface area contributed by atoms with E-state index in [4.69, 9.17) is 4.74 Å². The van der Waals surface area contributed by atoms with E-state index < -0.39 is 0 Å². The van der Waals surface area contributed by atoms with Crippen LogP contribution in [0.15, 0.2) is 54.6 Å². The van der Waals surface area contributed by atoms with Crippen molar-refractivity contribution < 1.29 is 4.74 Å². The van der Waals surface area contributed by atoms with E-state index in [0.29, 0.717) is 11.5 Å². The number of hydrogen-bond donors (Lipinski definition) is 0. The summed E-state index contributed by atoms with van der Waals surface area (Å²) in [6, 6.07) is 20.0. The minimum atomic E-state index is 0.628. The highest BCUT2D eigenvalue weighted by molar-refractivity contribution is 5.89. The van der Waals surface area contributed by atoms with Gasteiger partial charge in [0.15, 0.2) is 0 Å². The maximum atomic E-state index is 9.40. The Morgan fingerprint density at radius 3 is 2.40 bits per heavy atom. The van der Waals surface area contributed by atoms with E-state index in [0.717, 1.165) is 29.9 Å². The van der Waals surface area contributed by atoms with Crippen molar-refractivity contribution in [1.82, 2.24) is 0 Å². The molecule has 1 unspecified atom stereocenters. The zero-order valence-electron chi connectivity index (χ0n) is 15.2. The summed E-state index contributed by atoms with van der Waals surface area (Å²) in [5.41, 5.74) is 2.61. The molecule has 2 aromatic carbocycles. The first kappa shape index (κ1) is 18.8. The van der Waals surface area contributed by atoms with E-state index in [-0.39, 0.29) is 0 Å². The molecular formula is C23H27NO. The van der Waals surface area contributed by atoms with Crippen LogP contribution in [0.4, 0.5) is 0 Å². The van der Waals surface area contributed by atoms with Crippen molar-refractivity contribution >= 4 is 11.6 Å². The highest BCUT2D eigenvalue weighted by atomic mass is 16.5. The lowest BCUT2D eigenvalue weighted by atomic mass is 10.0. The topological polar surface area (TPSA) is 33.0 Å². The molecule has 25 heavy (non-hydrogen) atoms. The van der Waals surface area contributed by atoms with Crippen molar-refractivity contribution in [2.24, 2.45) is 5.92 Å². The van der Waals surface area contributed by atoms with E-state index in [9.17, 15) is 5.26 Å². The Morgan fingerprint density at radius 2 is 1.80 bits per heavy atom. The van der Waals surface area contributed by atoms with Crippen molar-refractivity contribution in [2.75, 3.05) is 6.61 Å². The zero-order chi connectivity index (χ0) is 17.9. The van der Waals surface area contributed by atoms with E-state index in [1.54, 1.807) is 0 Å². The summed E-state index contributed by atoms with van der Waals surface area (Å²) in [6.45, 7) is 5.23. The number of nitrogens with zero attached hydrogens (tertiary/aromatic N) is 1. The van der Waals surface area contributed by atoms with Crippen molar-refractivity contribution in [1.29, 1.82) is 5.26 Å². The Morgan fingerprint density at radius 1 is 1.08 bits per heavy atom. The highest BCUT2D eigenvalue weighted by Crippen LogP contribution is 2.21. The van der Waals surface area contributed by atoms with Gasteiger partial charge < -0.3 is 4.74 Å². The van der Waals surface area contributed by atoms with Crippen LogP contribution in [0.2, 0.25) is 0 Å². The van der Waals surface area contributed by atoms with Gasteiger partial charge >= 0.3 is 0 Å². The number of hydrogen-bond acceptors (Lipinski definition) is 2. The predicted molar refractivity (Wildman–Crippen MR) is 105 cm³/mol. The van der Waals surface area contributed by atoms with Crippen molar-refractivity contribution in [3.05, 3.63) is 65.7 Å². The average molecular weight is 333 g/mol. The molecule has 0 aliphatic carbocycles. The van der Waals surface area contributed by atoms with Gasteiger partial charge in [0, 0.05) is 0 Å². The molecule has 0 spiro atoms. The summed E-state index contributed by atoms with van der Waals surface area (Å²) in [6.07, 6.45) is 6.80. The SMILES string of the molecule is CCCCC(CC)COc1ccc(C=C(C#N)c2ccccc2)cc1. The third-order valence-electron chi connectivity index (χ3n) is 4.43. The molecule has 0 saturated heterocycles. The lowest BCUT2D eigenvalue weighted by Crippen LogP contribution is -2.11. The monoisotopic (exact) mass is 333 g/mol. The number of ether oxygens (including phenoxy) is 1. The van der Waals surface area contributed by atoms with E-state index in [1.807, 2.05) is 60.7 Å². The molecule has 0 saturated carbocycles. The Kier molecular flexibility index (Phi) is 7.79. The molecule has 0 aliphatic heterocycles. The van der Waals surface area contributed by atoms with Gasteiger partial charge in [0.05, 0.1) is 18.2 Å². The van der Waals surface area contributed by atoms with Gasteiger partial charge in [0.25, 0.3) is 0 Å². The molecule has 0 amide bonds. The van der Waals surface area contributed by atoms with Gasteiger partial charge in [-0.3, -0.25) is 0 Å². The average Bonchev–Trinajstić information content (AvgIpc) is 2.68. The molecule has 2 aromatic rings. The van der Waals surface area contributed by atoms with Crippen LogP contribution in [-0.2, 0) is 0 Å². The normalized spacial score (nSPS) is 12.4. The van der Waals surface area contributed by atoms with E-state index in [1.165, 1.54) is 19.3 Å². The summed E-state index contributed by atoms with van der Waals surface area (Å²) in [4.78, 5) is 0. The van der Waals surface area contributed by atoms with Crippen LogP contribution in [0.3, 0.4) is 0 Å². The molecule has 0 heterocycles. The third kappa shape index (κ3) is 6.12. The maximum absolute atomic E-state index is 9.40. The Labute approximate surface area is 151 Å². The molecular weight excluding hydrogens is 306 g/mol. The summed E-state index contributed by atoms with van der Waals surface area (Å²) < 4.78 is 5.94. The first-order valence-corrected chi connectivity index (χ1v) is 9.16. The van der Waals surface area contributed by atoms with Crippen LogP contribution in [-0.4, -0.2) is 6.61 Å².